The summed E-state index contributed by atoms with van der Waals surface area (Å²) in [5, 5.41) is 3.77. The maximum Gasteiger partial charge on any atom is 0.233 e. The van der Waals surface area contributed by atoms with Gasteiger partial charge in [0.25, 0.3) is 0 Å². The fraction of sp³-hybridized carbons (Fsp3) is 0.385. The fourth-order valence-electron chi connectivity index (χ4n) is 1.76. The minimum Gasteiger partial charge on any atom is -0.352 e. The standard InChI is InChI=1S/C13H15N3OS/c1-9(12(17)15-10-5-6-10)18-13-14-8-11-4-2-3-7-16(11)13/h2-4,7-10H,5-6H2,1H3,(H,15,17). The number of nitrogens with zero attached hydrogens (tertiary/aromatic N) is 2. The summed E-state index contributed by atoms with van der Waals surface area (Å²) < 4.78 is 2.01. The third kappa shape index (κ3) is 2.36. The zero-order valence-corrected chi connectivity index (χ0v) is 11.0. The van der Waals surface area contributed by atoms with Gasteiger partial charge in [0.15, 0.2) is 5.16 Å². The van der Waals surface area contributed by atoms with Crippen molar-refractivity contribution >= 4 is 23.2 Å². The van der Waals surface area contributed by atoms with Gasteiger partial charge in [-0.25, -0.2) is 4.98 Å². The topological polar surface area (TPSA) is 46.4 Å². The predicted octanol–water partition coefficient (Wildman–Crippen LogP) is 2.09. The first-order valence-corrected chi connectivity index (χ1v) is 7.01. The first-order valence-electron chi connectivity index (χ1n) is 6.13. The average molecular weight is 261 g/mol. The number of fused-ring (bicyclic) bond motifs is 1. The zero-order valence-electron chi connectivity index (χ0n) is 10.2. The van der Waals surface area contributed by atoms with E-state index < -0.39 is 0 Å². The SMILES string of the molecule is CC(Sc1ncc2ccccn12)C(=O)NC1CC1. The van der Waals surface area contributed by atoms with E-state index in [2.05, 4.69) is 10.3 Å². The van der Waals surface area contributed by atoms with Gasteiger partial charge >= 0.3 is 0 Å². The summed E-state index contributed by atoms with van der Waals surface area (Å²) in [7, 11) is 0. The Kier molecular flexibility index (Phi) is 2.99. The summed E-state index contributed by atoms with van der Waals surface area (Å²) >= 11 is 1.50. The summed E-state index contributed by atoms with van der Waals surface area (Å²) in [5.41, 5.74) is 1.05. The lowest BCUT2D eigenvalue weighted by molar-refractivity contribution is -0.120. The number of pyridine rings is 1. The molecule has 0 aromatic carbocycles. The number of carbonyl (C=O) groups is 1. The molecule has 2 aromatic heterocycles. The molecule has 94 valence electrons. The molecule has 4 nitrogen and oxygen atoms in total. The molecule has 1 aliphatic carbocycles. The smallest absolute Gasteiger partial charge is 0.233 e. The molecule has 18 heavy (non-hydrogen) atoms. The van der Waals surface area contributed by atoms with Crippen LogP contribution < -0.4 is 5.32 Å². The normalized spacial score (nSPS) is 16.7. The number of imidazole rings is 1. The molecule has 0 bridgehead atoms. The first-order chi connectivity index (χ1) is 8.74. The molecule has 3 rings (SSSR count). The number of carbonyl (C=O) groups excluding carboxylic acids is 1. The van der Waals surface area contributed by atoms with Crippen molar-refractivity contribution in [3.8, 4) is 0 Å². The van der Waals surface area contributed by atoms with Crippen molar-refractivity contribution in [2.24, 2.45) is 0 Å². The van der Waals surface area contributed by atoms with Crippen molar-refractivity contribution < 1.29 is 4.79 Å². The summed E-state index contributed by atoms with van der Waals surface area (Å²) in [6.07, 6.45) is 6.04. The molecular formula is C13H15N3OS. The number of aromatic nitrogens is 2. The van der Waals surface area contributed by atoms with Crippen LogP contribution in [0, 0.1) is 0 Å². The van der Waals surface area contributed by atoms with Gasteiger partial charge in [0.1, 0.15) is 0 Å². The Morgan fingerprint density at radius 2 is 2.39 bits per heavy atom. The van der Waals surface area contributed by atoms with Gasteiger partial charge in [-0.05, 0) is 31.9 Å². The predicted molar refractivity (Wildman–Crippen MR) is 71.7 cm³/mol. The van der Waals surface area contributed by atoms with E-state index in [0.717, 1.165) is 23.5 Å². The van der Waals surface area contributed by atoms with Crippen molar-refractivity contribution in [1.29, 1.82) is 0 Å². The molecule has 1 atom stereocenters. The molecule has 1 amide bonds. The third-order valence-electron chi connectivity index (χ3n) is 2.98. The van der Waals surface area contributed by atoms with E-state index in [1.807, 2.05) is 41.9 Å². The van der Waals surface area contributed by atoms with Crippen molar-refractivity contribution in [1.82, 2.24) is 14.7 Å². The van der Waals surface area contributed by atoms with Crippen molar-refractivity contribution in [3.05, 3.63) is 30.6 Å². The van der Waals surface area contributed by atoms with Gasteiger partial charge in [-0.15, -0.1) is 0 Å². The highest BCUT2D eigenvalue weighted by Gasteiger charge is 2.26. The van der Waals surface area contributed by atoms with Crippen LogP contribution in [0.25, 0.3) is 5.52 Å². The number of hydrogen-bond acceptors (Lipinski definition) is 3. The lowest BCUT2D eigenvalue weighted by Crippen LogP contribution is -2.32. The second-order valence-electron chi connectivity index (χ2n) is 4.58. The summed E-state index contributed by atoms with van der Waals surface area (Å²) in [6, 6.07) is 6.37. The highest BCUT2D eigenvalue weighted by atomic mass is 32.2. The van der Waals surface area contributed by atoms with Crippen LogP contribution >= 0.6 is 11.8 Å². The lowest BCUT2D eigenvalue weighted by atomic mass is 10.4. The number of nitrogens with one attached hydrogen (secondary N) is 1. The zero-order chi connectivity index (χ0) is 12.5. The molecule has 2 aromatic rings. The lowest BCUT2D eigenvalue weighted by Gasteiger charge is -2.10. The summed E-state index contributed by atoms with van der Waals surface area (Å²) in [4.78, 5) is 16.2. The molecule has 1 saturated carbocycles. The van der Waals surface area contributed by atoms with E-state index in [1.165, 1.54) is 11.8 Å². The van der Waals surface area contributed by atoms with Gasteiger partial charge in [-0.1, -0.05) is 17.8 Å². The van der Waals surface area contributed by atoms with Gasteiger partial charge < -0.3 is 5.32 Å². The van der Waals surface area contributed by atoms with E-state index in [0.29, 0.717) is 6.04 Å². The molecule has 5 heteroatoms. The van der Waals surface area contributed by atoms with Gasteiger partial charge in [0.05, 0.1) is 17.0 Å². The maximum absolute atomic E-state index is 11.9. The van der Waals surface area contributed by atoms with E-state index in [1.54, 1.807) is 0 Å². The van der Waals surface area contributed by atoms with Crippen molar-refractivity contribution in [3.63, 3.8) is 0 Å². The minimum atomic E-state index is -0.114. The Hall–Kier alpha value is -1.49. The van der Waals surface area contributed by atoms with Crippen LogP contribution in [0.1, 0.15) is 19.8 Å². The highest BCUT2D eigenvalue weighted by Crippen LogP contribution is 2.25. The summed E-state index contributed by atoms with van der Waals surface area (Å²) in [5.74, 6) is 0.107. The summed E-state index contributed by atoms with van der Waals surface area (Å²) in [6.45, 7) is 1.92. The van der Waals surface area contributed by atoms with Crippen LogP contribution in [0.4, 0.5) is 0 Å². The molecule has 2 heterocycles. The Bertz CT molecular complexity index is 576. The van der Waals surface area contributed by atoms with E-state index in [4.69, 9.17) is 0 Å². The number of rotatable bonds is 4. The number of thioether (sulfide) groups is 1. The molecule has 1 unspecified atom stereocenters. The van der Waals surface area contributed by atoms with Crippen LogP contribution in [-0.4, -0.2) is 26.6 Å². The quantitative estimate of drug-likeness (QED) is 0.857. The Morgan fingerprint density at radius 3 is 3.17 bits per heavy atom. The Balaban J connectivity index is 1.72. The molecule has 1 fully saturated rings. The maximum atomic E-state index is 11.9. The molecule has 0 spiro atoms. The highest BCUT2D eigenvalue weighted by molar-refractivity contribution is 8.00. The molecule has 0 radical (unpaired) electrons. The van der Waals surface area contributed by atoms with Gasteiger partial charge in [0.2, 0.25) is 5.91 Å². The average Bonchev–Trinajstić information content (AvgIpc) is 3.10. The van der Waals surface area contributed by atoms with E-state index >= 15 is 0 Å². The van der Waals surface area contributed by atoms with Crippen LogP contribution in [0.2, 0.25) is 0 Å². The Morgan fingerprint density at radius 1 is 1.56 bits per heavy atom. The van der Waals surface area contributed by atoms with Gasteiger partial charge in [-0.3, -0.25) is 9.20 Å². The van der Waals surface area contributed by atoms with Crippen LogP contribution in [0.3, 0.4) is 0 Å². The molecule has 1 N–H and O–H groups in total. The Labute approximate surface area is 110 Å². The molecule has 1 aliphatic rings. The van der Waals surface area contributed by atoms with E-state index in [9.17, 15) is 4.79 Å². The van der Waals surface area contributed by atoms with Gasteiger partial charge in [-0.2, -0.15) is 0 Å². The number of amides is 1. The van der Waals surface area contributed by atoms with Crippen LogP contribution in [0.5, 0.6) is 0 Å². The second kappa shape index (κ2) is 4.65. The monoisotopic (exact) mass is 261 g/mol. The minimum absolute atomic E-state index is 0.107. The van der Waals surface area contributed by atoms with Crippen molar-refractivity contribution in [2.75, 3.05) is 0 Å². The molecule has 0 saturated heterocycles. The second-order valence-corrected chi connectivity index (χ2v) is 5.89. The largest absolute Gasteiger partial charge is 0.352 e. The number of hydrogen-bond donors (Lipinski definition) is 1. The molecule has 0 aliphatic heterocycles. The first kappa shape index (κ1) is 11.6. The fourth-order valence-corrected chi connectivity index (χ4v) is 2.65. The van der Waals surface area contributed by atoms with Gasteiger partial charge in [0, 0.05) is 12.2 Å². The van der Waals surface area contributed by atoms with Crippen LogP contribution in [0.15, 0.2) is 35.7 Å². The van der Waals surface area contributed by atoms with Crippen molar-refractivity contribution in [2.45, 2.75) is 36.2 Å². The van der Waals surface area contributed by atoms with Crippen LogP contribution in [-0.2, 0) is 4.79 Å². The molecular weight excluding hydrogens is 246 g/mol. The third-order valence-corrected chi connectivity index (χ3v) is 4.06. The van der Waals surface area contributed by atoms with E-state index in [-0.39, 0.29) is 11.2 Å².